The third-order valence-corrected chi connectivity index (χ3v) is 4.13. The first-order valence-corrected chi connectivity index (χ1v) is 7.02. The van der Waals surface area contributed by atoms with Gasteiger partial charge in [0.2, 0.25) is 0 Å². The molecular formula is C13H20N2OS. The van der Waals surface area contributed by atoms with Gasteiger partial charge < -0.3 is 10.2 Å². The van der Waals surface area contributed by atoms with E-state index < -0.39 is 0 Å². The van der Waals surface area contributed by atoms with Crippen LogP contribution < -0.4 is 5.32 Å². The number of nitrogens with one attached hydrogen (secondary N) is 1. The molecule has 1 aromatic heterocycles. The highest BCUT2D eigenvalue weighted by Crippen LogP contribution is 2.21. The summed E-state index contributed by atoms with van der Waals surface area (Å²) >= 11 is 1.56. The maximum absolute atomic E-state index is 12.4. The Balaban J connectivity index is 2.15. The van der Waals surface area contributed by atoms with E-state index in [0.717, 1.165) is 30.9 Å². The number of piperazine rings is 1. The molecule has 1 aromatic rings. The molecular weight excluding hydrogens is 232 g/mol. The van der Waals surface area contributed by atoms with Gasteiger partial charge in [-0.3, -0.25) is 4.79 Å². The molecule has 0 spiro atoms. The second-order valence-electron chi connectivity index (χ2n) is 5.17. The van der Waals surface area contributed by atoms with E-state index in [4.69, 9.17) is 0 Å². The molecule has 2 heterocycles. The molecule has 0 bridgehead atoms. The summed E-state index contributed by atoms with van der Waals surface area (Å²) in [7, 11) is 0. The third-order valence-electron chi connectivity index (χ3n) is 3.18. The van der Waals surface area contributed by atoms with Crippen LogP contribution in [0.15, 0.2) is 11.4 Å². The molecule has 0 atom stereocenters. The fourth-order valence-electron chi connectivity index (χ4n) is 2.26. The fraction of sp³-hybridized carbons (Fsp3) is 0.615. The molecule has 1 N–H and O–H groups in total. The predicted molar refractivity (Wildman–Crippen MR) is 71.7 cm³/mol. The number of nitrogens with zero attached hydrogens (tertiary/aromatic N) is 1. The number of hydrogen-bond acceptors (Lipinski definition) is 3. The van der Waals surface area contributed by atoms with Gasteiger partial charge in [0.05, 0.1) is 4.88 Å². The molecule has 1 saturated heterocycles. The molecule has 1 aliphatic heterocycles. The van der Waals surface area contributed by atoms with Crippen molar-refractivity contribution in [2.75, 3.05) is 19.6 Å². The molecule has 0 aliphatic carbocycles. The van der Waals surface area contributed by atoms with Gasteiger partial charge in [0.1, 0.15) is 0 Å². The topological polar surface area (TPSA) is 32.3 Å². The van der Waals surface area contributed by atoms with Gasteiger partial charge in [-0.1, -0.05) is 6.92 Å². The van der Waals surface area contributed by atoms with Gasteiger partial charge in [-0.25, -0.2) is 0 Å². The van der Waals surface area contributed by atoms with Crippen molar-refractivity contribution < 1.29 is 4.79 Å². The largest absolute Gasteiger partial charge is 0.335 e. The second-order valence-corrected chi connectivity index (χ2v) is 6.08. The summed E-state index contributed by atoms with van der Waals surface area (Å²) in [4.78, 5) is 15.3. The average molecular weight is 252 g/mol. The Kier molecular flexibility index (Phi) is 3.54. The zero-order chi connectivity index (χ0) is 12.5. The van der Waals surface area contributed by atoms with Crippen molar-refractivity contribution in [2.24, 2.45) is 0 Å². The van der Waals surface area contributed by atoms with Gasteiger partial charge in [-0.15, -0.1) is 11.3 Å². The van der Waals surface area contributed by atoms with E-state index in [1.807, 2.05) is 10.3 Å². The van der Waals surface area contributed by atoms with Crippen LogP contribution in [-0.2, 0) is 6.42 Å². The SMILES string of the molecule is CCc1ccsc1C(=O)N1CCNC(C)(C)C1. The van der Waals surface area contributed by atoms with Crippen LogP contribution in [0.2, 0.25) is 0 Å². The quantitative estimate of drug-likeness (QED) is 0.874. The molecule has 1 aliphatic rings. The summed E-state index contributed by atoms with van der Waals surface area (Å²) in [5, 5.41) is 5.44. The van der Waals surface area contributed by atoms with Crippen LogP contribution in [0, 0.1) is 0 Å². The van der Waals surface area contributed by atoms with Crippen molar-refractivity contribution in [2.45, 2.75) is 32.7 Å². The first kappa shape index (κ1) is 12.6. The summed E-state index contributed by atoms with van der Waals surface area (Å²) in [6, 6.07) is 2.06. The Labute approximate surface area is 107 Å². The predicted octanol–water partition coefficient (Wildman–Crippen LogP) is 2.13. The summed E-state index contributed by atoms with van der Waals surface area (Å²) < 4.78 is 0. The maximum Gasteiger partial charge on any atom is 0.264 e. The van der Waals surface area contributed by atoms with Crippen molar-refractivity contribution >= 4 is 17.2 Å². The van der Waals surface area contributed by atoms with Crippen molar-refractivity contribution in [3.63, 3.8) is 0 Å². The number of rotatable bonds is 2. The molecule has 94 valence electrons. The molecule has 0 aromatic carbocycles. The molecule has 2 rings (SSSR count). The van der Waals surface area contributed by atoms with E-state index in [0.29, 0.717) is 0 Å². The highest BCUT2D eigenvalue weighted by Gasteiger charge is 2.30. The van der Waals surface area contributed by atoms with Crippen LogP contribution in [0.4, 0.5) is 0 Å². The minimum absolute atomic E-state index is 0.0253. The number of thiophene rings is 1. The van der Waals surface area contributed by atoms with Crippen LogP contribution in [0.1, 0.15) is 36.0 Å². The number of amides is 1. The van der Waals surface area contributed by atoms with Gasteiger partial charge in [0, 0.05) is 25.2 Å². The summed E-state index contributed by atoms with van der Waals surface area (Å²) in [6.07, 6.45) is 0.931. The van der Waals surface area contributed by atoms with E-state index in [9.17, 15) is 4.79 Å². The Morgan fingerprint density at radius 1 is 1.59 bits per heavy atom. The van der Waals surface area contributed by atoms with Crippen molar-refractivity contribution in [3.05, 3.63) is 21.9 Å². The minimum Gasteiger partial charge on any atom is -0.335 e. The number of carbonyl (C=O) groups excluding carboxylic acids is 1. The Morgan fingerprint density at radius 2 is 2.35 bits per heavy atom. The maximum atomic E-state index is 12.4. The van der Waals surface area contributed by atoms with Crippen LogP contribution in [0.5, 0.6) is 0 Å². The lowest BCUT2D eigenvalue weighted by Gasteiger charge is -2.39. The Bertz CT molecular complexity index is 411. The van der Waals surface area contributed by atoms with Crippen molar-refractivity contribution in [1.29, 1.82) is 0 Å². The van der Waals surface area contributed by atoms with Crippen LogP contribution in [-0.4, -0.2) is 36.0 Å². The van der Waals surface area contributed by atoms with Gasteiger partial charge in [0.25, 0.3) is 5.91 Å². The number of carbonyl (C=O) groups is 1. The minimum atomic E-state index is 0.0253. The molecule has 1 amide bonds. The summed E-state index contributed by atoms with van der Waals surface area (Å²) in [5.74, 6) is 0.200. The van der Waals surface area contributed by atoms with Crippen LogP contribution in [0.25, 0.3) is 0 Å². The first-order valence-electron chi connectivity index (χ1n) is 6.14. The monoisotopic (exact) mass is 252 g/mol. The lowest BCUT2D eigenvalue weighted by Crippen LogP contribution is -2.58. The van der Waals surface area contributed by atoms with Gasteiger partial charge in [-0.05, 0) is 37.3 Å². The molecule has 17 heavy (non-hydrogen) atoms. The highest BCUT2D eigenvalue weighted by atomic mass is 32.1. The summed E-state index contributed by atoms with van der Waals surface area (Å²) in [6.45, 7) is 8.85. The Morgan fingerprint density at radius 3 is 3.00 bits per heavy atom. The zero-order valence-electron chi connectivity index (χ0n) is 10.7. The van der Waals surface area contributed by atoms with E-state index in [1.54, 1.807) is 11.3 Å². The molecule has 4 heteroatoms. The zero-order valence-corrected chi connectivity index (χ0v) is 11.6. The van der Waals surface area contributed by atoms with E-state index in [2.05, 4.69) is 32.2 Å². The van der Waals surface area contributed by atoms with Gasteiger partial charge in [-0.2, -0.15) is 0 Å². The first-order chi connectivity index (χ1) is 8.03. The van der Waals surface area contributed by atoms with Crippen molar-refractivity contribution in [1.82, 2.24) is 10.2 Å². The van der Waals surface area contributed by atoms with Gasteiger partial charge in [0.15, 0.2) is 0 Å². The molecule has 0 radical (unpaired) electrons. The lowest BCUT2D eigenvalue weighted by atomic mass is 10.0. The summed E-state index contributed by atoms with van der Waals surface area (Å²) in [5.41, 5.74) is 1.20. The Hall–Kier alpha value is -0.870. The van der Waals surface area contributed by atoms with Crippen molar-refractivity contribution in [3.8, 4) is 0 Å². The molecule has 3 nitrogen and oxygen atoms in total. The van der Waals surface area contributed by atoms with Gasteiger partial charge >= 0.3 is 0 Å². The lowest BCUT2D eigenvalue weighted by molar-refractivity contribution is 0.0656. The van der Waals surface area contributed by atoms with E-state index in [1.165, 1.54) is 5.56 Å². The molecule has 1 fully saturated rings. The van der Waals surface area contributed by atoms with Crippen LogP contribution >= 0.6 is 11.3 Å². The molecule has 0 saturated carbocycles. The van der Waals surface area contributed by atoms with E-state index >= 15 is 0 Å². The second kappa shape index (κ2) is 4.78. The van der Waals surface area contributed by atoms with E-state index in [-0.39, 0.29) is 11.4 Å². The van der Waals surface area contributed by atoms with Crippen LogP contribution in [0.3, 0.4) is 0 Å². The third kappa shape index (κ3) is 2.69. The standard InChI is InChI=1S/C13H20N2OS/c1-4-10-5-8-17-11(10)12(16)15-7-6-14-13(2,3)9-15/h5,8,14H,4,6-7,9H2,1-3H3. The molecule has 0 unspecified atom stereocenters. The number of aryl methyl sites for hydroxylation is 1. The fourth-order valence-corrected chi connectivity index (χ4v) is 3.22. The smallest absolute Gasteiger partial charge is 0.264 e. The number of hydrogen-bond donors (Lipinski definition) is 1. The highest BCUT2D eigenvalue weighted by molar-refractivity contribution is 7.12. The average Bonchev–Trinajstić information content (AvgIpc) is 2.74. The normalized spacial score (nSPS) is 19.4.